The number of hydrazone groups is 1. The summed E-state index contributed by atoms with van der Waals surface area (Å²) in [5.74, 6) is -0.361. The maximum atomic E-state index is 12.1. The number of nitrogens with one attached hydrogen (secondary N) is 1. The van der Waals surface area contributed by atoms with Crippen LogP contribution in [0.3, 0.4) is 0 Å². The molecule has 2 aromatic carbocycles. The van der Waals surface area contributed by atoms with E-state index >= 15 is 0 Å². The fraction of sp³-hybridized carbons (Fsp3) is 0.0556. The minimum absolute atomic E-state index is 0.311. The third-order valence-corrected chi connectivity index (χ3v) is 4.16. The molecule has 7 heteroatoms. The van der Waals surface area contributed by atoms with E-state index in [1.807, 2.05) is 36.4 Å². The third-order valence-electron chi connectivity index (χ3n) is 3.38. The van der Waals surface area contributed by atoms with Gasteiger partial charge in [-0.15, -0.1) is 0 Å². The minimum atomic E-state index is -0.361. The number of nitrogens with zero attached hydrogens (tertiary/aromatic N) is 3. The zero-order valence-electron chi connectivity index (χ0n) is 13.1. The zero-order valence-corrected chi connectivity index (χ0v) is 15.4. The van der Waals surface area contributed by atoms with Crippen molar-refractivity contribution in [1.82, 2.24) is 15.2 Å². The SMILES string of the molecule is O=C(N/N=C\c1ccc(Cl)cc1)c1ccn(Cc2ccc(Br)cc2)n1. The van der Waals surface area contributed by atoms with Crippen molar-refractivity contribution in [2.45, 2.75) is 6.54 Å². The number of carbonyl (C=O) groups excluding carboxylic acids is 1. The number of hydrogen-bond donors (Lipinski definition) is 1. The second kappa shape index (κ2) is 8.09. The monoisotopic (exact) mass is 416 g/mol. The Balaban J connectivity index is 1.58. The van der Waals surface area contributed by atoms with Gasteiger partial charge in [0.25, 0.3) is 5.91 Å². The van der Waals surface area contributed by atoms with Crippen LogP contribution >= 0.6 is 27.5 Å². The van der Waals surface area contributed by atoms with Crippen LogP contribution in [0.1, 0.15) is 21.6 Å². The lowest BCUT2D eigenvalue weighted by Gasteiger charge is -2.02. The van der Waals surface area contributed by atoms with Crippen LogP contribution < -0.4 is 5.43 Å². The van der Waals surface area contributed by atoms with E-state index < -0.39 is 0 Å². The highest BCUT2D eigenvalue weighted by atomic mass is 79.9. The Bertz CT molecular complexity index is 888. The largest absolute Gasteiger partial charge is 0.291 e. The summed E-state index contributed by atoms with van der Waals surface area (Å²) in [4.78, 5) is 12.1. The van der Waals surface area contributed by atoms with Gasteiger partial charge < -0.3 is 0 Å². The van der Waals surface area contributed by atoms with Gasteiger partial charge in [-0.2, -0.15) is 10.2 Å². The summed E-state index contributed by atoms with van der Waals surface area (Å²) in [5, 5.41) is 8.85. The van der Waals surface area contributed by atoms with Crippen LogP contribution in [0.4, 0.5) is 0 Å². The molecular formula is C18H14BrClN4O. The predicted octanol–water partition coefficient (Wildman–Crippen LogP) is 4.11. The van der Waals surface area contributed by atoms with Gasteiger partial charge in [0.15, 0.2) is 5.69 Å². The van der Waals surface area contributed by atoms with Crippen molar-refractivity contribution in [3.63, 3.8) is 0 Å². The standard InChI is InChI=1S/C18H14BrClN4O/c19-15-5-1-14(2-6-15)12-24-10-9-17(23-24)18(25)22-21-11-13-3-7-16(20)8-4-13/h1-11H,12H2,(H,22,25)/b21-11-. The molecule has 1 N–H and O–H groups in total. The first-order valence-corrected chi connectivity index (χ1v) is 8.64. The molecule has 0 spiro atoms. The van der Waals surface area contributed by atoms with Gasteiger partial charge in [0.05, 0.1) is 12.8 Å². The maximum Gasteiger partial charge on any atom is 0.291 e. The summed E-state index contributed by atoms with van der Waals surface area (Å²) < 4.78 is 2.73. The minimum Gasteiger partial charge on any atom is -0.268 e. The number of carbonyl (C=O) groups is 1. The van der Waals surface area contributed by atoms with Gasteiger partial charge in [0.1, 0.15) is 0 Å². The van der Waals surface area contributed by atoms with Crippen molar-refractivity contribution < 1.29 is 4.79 Å². The summed E-state index contributed by atoms with van der Waals surface area (Å²) in [6, 6.07) is 16.7. The lowest BCUT2D eigenvalue weighted by molar-refractivity contribution is 0.0949. The number of aromatic nitrogens is 2. The molecule has 0 radical (unpaired) electrons. The summed E-state index contributed by atoms with van der Waals surface area (Å²) in [6.45, 7) is 0.592. The van der Waals surface area contributed by atoms with E-state index in [4.69, 9.17) is 11.6 Å². The van der Waals surface area contributed by atoms with E-state index in [1.165, 1.54) is 0 Å². The smallest absolute Gasteiger partial charge is 0.268 e. The first-order valence-electron chi connectivity index (χ1n) is 7.47. The van der Waals surface area contributed by atoms with Gasteiger partial charge in [0, 0.05) is 15.7 Å². The molecule has 0 aliphatic rings. The molecule has 1 heterocycles. The Morgan fingerprint density at radius 3 is 2.60 bits per heavy atom. The van der Waals surface area contributed by atoms with E-state index in [0.717, 1.165) is 15.6 Å². The highest BCUT2D eigenvalue weighted by Crippen LogP contribution is 2.11. The lowest BCUT2D eigenvalue weighted by atomic mass is 10.2. The van der Waals surface area contributed by atoms with E-state index in [2.05, 4.69) is 31.6 Å². The van der Waals surface area contributed by atoms with Crippen LogP contribution in [0.25, 0.3) is 0 Å². The average molecular weight is 418 g/mol. The van der Waals surface area contributed by atoms with Crippen molar-refractivity contribution in [2.24, 2.45) is 5.10 Å². The summed E-state index contributed by atoms with van der Waals surface area (Å²) >= 11 is 9.22. The van der Waals surface area contributed by atoms with E-state index in [9.17, 15) is 4.79 Å². The van der Waals surface area contributed by atoms with Crippen molar-refractivity contribution in [1.29, 1.82) is 0 Å². The van der Waals surface area contributed by atoms with Crippen LogP contribution in [0.2, 0.25) is 5.02 Å². The van der Waals surface area contributed by atoms with Gasteiger partial charge in [-0.25, -0.2) is 5.43 Å². The quantitative estimate of drug-likeness (QED) is 0.502. The van der Waals surface area contributed by atoms with E-state index in [-0.39, 0.29) is 5.91 Å². The summed E-state index contributed by atoms with van der Waals surface area (Å²) in [7, 11) is 0. The van der Waals surface area contributed by atoms with Crippen LogP contribution in [0.15, 0.2) is 70.4 Å². The van der Waals surface area contributed by atoms with Crippen molar-refractivity contribution >= 4 is 39.7 Å². The summed E-state index contributed by atoms with van der Waals surface area (Å²) in [6.07, 6.45) is 3.31. The second-order valence-corrected chi connectivity index (χ2v) is 6.63. The molecule has 1 amide bonds. The Labute approximate surface area is 158 Å². The van der Waals surface area contributed by atoms with Gasteiger partial charge in [0.2, 0.25) is 0 Å². The molecule has 0 aliphatic carbocycles. The normalized spacial score (nSPS) is 11.0. The van der Waals surface area contributed by atoms with Gasteiger partial charge >= 0.3 is 0 Å². The maximum absolute atomic E-state index is 12.1. The number of benzene rings is 2. The van der Waals surface area contributed by atoms with E-state index in [0.29, 0.717) is 17.3 Å². The van der Waals surface area contributed by atoms with Gasteiger partial charge in [-0.1, -0.05) is 51.8 Å². The number of halogens is 2. The Morgan fingerprint density at radius 1 is 1.16 bits per heavy atom. The fourth-order valence-electron chi connectivity index (χ4n) is 2.12. The molecule has 1 aromatic heterocycles. The molecular weight excluding hydrogens is 404 g/mol. The molecule has 0 unspecified atom stereocenters. The molecule has 3 aromatic rings. The highest BCUT2D eigenvalue weighted by molar-refractivity contribution is 9.10. The number of amides is 1. The molecule has 0 bridgehead atoms. The van der Waals surface area contributed by atoms with Crippen LogP contribution in [0, 0.1) is 0 Å². The molecule has 0 aliphatic heterocycles. The number of rotatable bonds is 5. The third kappa shape index (κ3) is 5.01. The molecule has 5 nitrogen and oxygen atoms in total. The van der Waals surface area contributed by atoms with Crippen LogP contribution in [-0.2, 0) is 6.54 Å². The van der Waals surface area contributed by atoms with E-state index in [1.54, 1.807) is 35.3 Å². The Morgan fingerprint density at radius 2 is 1.88 bits per heavy atom. The Kier molecular flexibility index (Phi) is 5.63. The van der Waals surface area contributed by atoms with Crippen LogP contribution in [-0.4, -0.2) is 21.9 Å². The molecule has 0 saturated heterocycles. The summed E-state index contributed by atoms with van der Waals surface area (Å²) in [5.41, 5.74) is 4.71. The molecule has 0 saturated carbocycles. The predicted molar refractivity (Wildman–Crippen MR) is 102 cm³/mol. The molecule has 25 heavy (non-hydrogen) atoms. The second-order valence-electron chi connectivity index (χ2n) is 5.28. The van der Waals surface area contributed by atoms with Gasteiger partial charge in [-0.3, -0.25) is 9.48 Å². The molecule has 0 fully saturated rings. The first kappa shape index (κ1) is 17.4. The van der Waals surface area contributed by atoms with Crippen molar-refractivity contribution in [2.75, 3.05) is 0 Å². The van der Waals surface area contributed by atoms with Crippen LogP contribution in [0.5, 0.6) is 0 Å². The fourth-order valence-corrected chi connectivity index (χ4v) is 2.51. The topological polar surface area (TPSA) is 59.3 Å². The zero-order chi connectivity index (χ0) is 17.6. The molecule has 0 atom stereocenters. The Hall–Kier alpha value is -2.44. The molecule has 126 valence electrons. The van der Waals surface area contributed by atoms with Crippen molar-refractivity contribution in [3.8, 4) is 0 Å². The van der Waals surface area contributed by atoms with Crippen molar-refractivity contribution in [3.05, 3.63) is 87.1 Å². The lowest BCUT2D eigenvalue weighted by Crippen LogP contribution is -2.18. The number of hydrogen-bond acceptors (Lipinski definition) is 3. The molecule has 3 rings (SSSR count). The highest BCUT2D eigenvalue weighted by Gasteiger charge is 2.08. The van der Waals surface area contributed by atoms with Gasteiger partial charge in [-0.05, 0) is 41.5 Å². The first-order chi connectivity index (χ1) is 12.1. The average Bonchev–Trinajstić information content (AvgIpc) is 3.07.